The number of unbranched alkanes of at least 4 members (excludes halogenated alkanes) is 1. The molecule has 2 amide bonds. The second-order valence-electron chi connectivity index (χ2n) is 7.71. The number of hydrogen-bond acceptors (Lipinski definition) is 4. The minimum absolute atomic E-state index is 0.0361. The van der Waals surface area contributed by atoms with Gasteiger partial charge >= 0.3 is 5.97 Å². The van der Waals surface area contributed by atoms with E-state index >= 15 is 0 Å². The fourth-order valence-corrected chi connectivity index (χ4v) is 3.38. The Morgan fingerprint density at radius 3 is 2.23 bits per heavy atom. The van der Waals surface area contributed by atoms with Crippen molar-refractivity contribution in [2.75, 3.05) is 6.54 Å². The third kappa shape index (κ3) is 8.17. The molecule has 0 aromatic carbocycles. The van der Waals surface area contributed by atoms with Crippen molar-refractivity contribution in [1.29, 1.82) is 0 Å². The molecule has 0 aromatic heterocycles. The second-order valence-corrected chi connectivity index (χ2v) is 7.71. The number of carboxylic acid groups (broad SMARTS) is 1. The average molecular weight is 370 g/mol. The molecular weight excluding hydrogens is 334 g/mol. The van der Waals surface area contributed by atoms with Crippen molar-refractivity contribution >= 4 is 17.8 Å². The van der Waals surface area contributed by atoms with Gasteiger partial charge in [0.25, 0.3) is 0 Å². The predicted molar refractivity (Wildman–Crippen MR) is 100 cm³/mol. The van der Waals surface area contributed by atoms with Crippen molar-refractivity contribution in [1.82, 2.24) is 10.6 Å². The van der Waals surface area contributed by atoms with Crippen LogP contribution in [0, 0.1) is 11.8 Å². The fourth-order valence-electron chi connectivity index (χ4n) is 3.38. The highest BCUT2D eigenvalue weighted by molar-refractivity contribution is 5.91. The lowest BCUT2D eigenvalue weighted by Crippen LogP contribution is -2.53. The summed E-state index contributed by atoms with van der Waals surface area (Å²) >= 11 is 0. The van der Waals surface area contributed by atoms with Crippen LogP contribution in [0.4, 0.5) is 0 Å². The zero-order chi connectivity index (χ0) is 19.5. The summed E-state index contributed by atoms with van der Waals surface area (Å²) in [5, 5.41) is 14.8. The number of carbonyl (C=O) groups is 3. The number of nitrogens with two attached hydrogens (primary N) is 1. The van der Waals surface area contributed by atoms with E-state index in [0.29, 0.717) is 32.2 Å². The molecule has 0 aromatic rings. The molecule has 0 spiro atoms. The Morgan fingerprint density at radius 2 is 1.69 bits per heavy atom. The van der Waals surface area contributed by atoms with Gasteiger partial charge in [0.1, 0.15) is 12.1 Å². The third-order valence-corrected chi connectivity index (χ3v) is 4.88. The van der Waals surface area contributed by atoms with Gasteiger partial charge in [-0.05, 0) is 51.0 Å². The first-order valence-corrected chi connectivity index (χ1v) is 9.88. The summed E-state index contributed by atoms with van der Waals surface area (Å²) < 4.78 is 0. The van der Waals surface area contributed by atoms with Crippen LogP contribution >= 0.6 is 0 Å². The Hall–Kier alpha value is -1.63. The maximum Gasteiger partial charge on any atom is 0.326 e. The molecular formula is C19H35N3O4. The standard InChI is InChI=1S/C19H35N3O4/c1-13(2)12-16(22-17(23)14-8-4-3-5-9-14)18(24)21-15(19(25)26)10-6-7-11-20/h13-16H,3-12,20H2,1-2H3,(H,21,24)(H,22,23)(H,25,26)/t15-,16-/m0/s1. The summed E-state index contributed by atoms with van der Waals surface area (Å²) in [7, 11) is 0. The van der Waals surface area contributed by atoms with Crippen molar-refractivity contribution in [3.63, 3.8) is 0 Å². The molecule has 0 bridgehead atoms. The smallest absolute Gasteiger partial charge is 0.326 e. The van der Waals surface area contributed by atoms with Gasteiger partial charge in [-0.2, -0.15) is 0 Å². The van der Waals surface area contributed by atoms with Crippen LogP contribution in [0.3, 0.4) is 0 Å². The van der Waals surface area contributed by atoms with Crippen LogP contribution in [-0.2, 0) is 14.4 Å². The molecule has 0 radical (unpaired) electrons. The van der Waals surface area contributed by atoms with E-state index < -0.39 is 24.0 Å². The van der Waals surface area contributed by atoms with E-state index in [0.717, 1.165) is 32.1 Å². The van der Waals surface area contributed by atoms with Gasteiger partial charge in [-0.3, -0.25) is 9.59 Å². The van der Waals surface area contributed by atoms with Crippen LogP contribution < -0.4 is 16.4 Å². The van der Waals surface area contributed by atoms with E-state index in [9.17, 15) is 19.5 Å². The minimum atomic E-state index is -1.06. The summed E-state index contributed by atoms with van der Waals surface area (Å²) in [4.78, 5) is 36.5. The normalized spacial score (nSPS) is 17.5. The van der Waals surface area contributed by atoms with E-state index in [-0.39, 0.29) is 17.7 Å². The maximum absolute atomic E-state index is 12.6. The van der Waals surface area contributed by atoms with Crippen molar-refractivity contribution in [2.45, 2.75) is 83.7 Å². The molecule has 1 rings (SSSR count). The highest BCUT2D eigenvalue weighted by atomic mass is 16.4. The van der Waals surface area contributed by atoms with E-state index in [4.69, 9.17) is 5.73 Å². The van der Waals surface area contributed by atoms with Crippen LogP contribution in [0.25, 0.3) is 0 Å². The van der Waals surface area contributed by atoms with E-state index in [2.05, 4.69) is 10.6 Å². The lowest BCUT2D eigenvalue weighted by atomic mass is 9.88. The summed E-state index contributed by atoms with van der Waals surface area (Å²) in [6, 6.07) is -1.64. The predicted octanol–water partition coefficient (Wildman–Crippen LogP) is 1.80. The highest BCUT2D eigenvalue weighted by Gasteiger charge is 2.29. The molecule has 0 saturated heterocycles. The number of aliphatic carboxylic acids is 1. The quantitative estimate of drug-likeness (QED) is 0.414. The van der Waals surface area contributed by atoms with Gasteiger partial charge in [-0.1, -0.05) is 33.1 Å². The first-order chi connectivity index (χ1) is 12.3. The molecule has 5 N–H and O–H groups in total. The Labute approximate surface area is 156 Å². The highest BCUT2D eigenvalue weighted by Crippen LogP contribution is 2.24. The van der Waals surface area contributed by atoms with Crippen molar-refractivity contribution in [3.05, 3.63) is 0 Å². The van der Waals surface area contributed by atoms with Gasteiger partial charge in [0, 0.05) is 5.92 Å². The van der Waals surface area contributed by atoms with Crippen molar-refractivity contribution in [3.8, 4) is 0 Å². The number of hydrogen-bond donors (Lipinski definition) is 4. The average Bonchev–Trinajstić information content (AvgIpc) is 2.60. The number of amides is 2. The molecule has 0 aliphatic heterocycles. The zero-order valence-electron chi connectivity index (χ0n) is 16.1. The van der Waals surface area contributed by atoms with Gasteiger partial charge in [0.05, 0.1) is 0 Å². The Kier molecular flexibility index (Phi) is 10.2. The van der Waals surface area contributed by atoms with Crippen LogP contribution in [0.2, 0.25) is 0 Å². The molecule has 7 nitrogen and oxygen atoms in total. The SMILES string of the molecule is CC(C)C[C@H](NC(=O)C1CCCCC1)C(=O)N[C@@H](CCCCN)C(=O)O. The fraction of sp³-hybridized carbons (Fsp3) is 0.842. The molecule has 7 heteroatoms. The van der Waals surface area contributed by atoms with Gasteiger partial charge in [-0.25, -0.2) is 4.79 Å². The summed E-state index contributed by atoms with van der Waals surface area (Å²) in [5.74, 6) is -1.38. The lowest BCUT2D eigenvalue weighted by Gasteiger charge is -2.26. The number of nitrogens with one attached hydrogen (secondary N) is 2. The Morgan fingerprint density at radius 1 is 1.04 bits per heavy atom. The topological polar surface area (TPSA) is 122 Å². The van der Waals surface area contributed by atoms with Gasteiger partial charge in [0.15, 0.2) is 0 Å². The molecule has 1 fully saturated rings. The Balaban J connectivity index is 2.67. The van der Waals surface area contributed by atoms with Gasteiger partial charge in [-0.15, -0.1) is 0 Å². The molecule has 150 valence electrons. The maximum atomic E-state index is 12.6. The molecule has 1 aliphatic rings. The Bertz CT molecular complexity index is 462. The first kappa shape index (κ1) is 22.4. The summed E-state index contributed by atoms with van der Waals surface area (Å²) in [5.41, 5.74) is 5.44. The lowest BCUT2D eigenvalue weighted by molar-refractivity contribution is -0.142. The van der Waals surface area contributed by atoms with Crippen molar-refractivity contribution < 1.29 is 19.5 Å². The molecule has 2 atom stereocenters. The summed E-state index contributed by atoms with van der Waals surface area (Å²) in [6.45, 7) is 4.44. The van der Waals surface area contributed by atoms with E-state index in [1.54, 1.807) is 0 Å². The molecule has 1 aliphatic carbocycles. The monoisotopic (exact) mass is 369 g/mol. The largest absolute Gasteiger partial charge is 0.480 e. The van der Waals surface area contributed by atoms with Gasteiger partial charge < -0.3 is 21.5 Å². The van der Waals surface area contributed by atoms with Crippen LogP contribution in [0.5, 0.6) is 0 Å². The minimum Gasteiger partial charge on any atom is -0.480 e. The number of rotatable bonds is 11. The van der Waals surface area contributed by atoms with Crippen LogP contribution in [0.15, 0.2) is 0 Å². The third-order valence-electron chi connectivity index (χ3n) is 4.88. The molecule has 0 heterocycles. The van der Waals surface area contributed by atoms with E-state index in [1.165, 1.54) is 0 Å². The van der Waals surface area contributed by atoms with Crippen molar-refractivity contribution in [2.24, 2.45) is 17.6 Å². The zero-order valence-corrected chi connectivity index (χ0v) is 16.1. The second kappa shape index (κ2) is 11.9. The van der Waals surface area contributed by atoms with Crippen LogP contribution in [-0.4, -0.2) is 41.5 Å². The van der Waals surface area contributed by atoms with Crippen LogP contribution in [0.1, 0.15) is 71.6 Å². The number of carbonyl (C=O) groups excluding carboxylic acids is 2. The summed E-state index contributed by atoms with van der Waals surface area (Å²) in [6.07, 6.45) is 7.13. The first-order valence-electron chi connectivity index (χ1n) is 9.88. The molecule has 26 heavy (non-hydrogen) atoms. The molecule has 1 saturated carbocycles. The number of carboxylic acids is 1. The van der Waals surface area contributed by atoms with Gasteiger partial charge in [0.2, 0.25) is 11.8 Å². The molecule has 0 unspecified atom stereocenters. The van der Waals surface area contributed by atoms with E-state index in [1.807, 2.05) is 13.8 Å².